The lowest BCUT2D eigenvalue weighted by molar-refractivity contribution is -0.141. The summed E-state index contributed by atoms with van der Waals surface area (Å²) in [5.41, 5.74) is 0. The smallest absolute Gasteiger partial charge is 0.231 e. The van der Waals surface area contributed by atoms with Crippen LogP contribution in [0.5, 0.6) is 0 Å². The highest BCUT2D eigenvalue weighted by molar-refractivity contribution is 5.87. The number of ketones is 1. The first-order valence-corrected chi connectivity index (χ1v) is 7.22. The first-order valence-electron chi connectivity index (χ1n) is 7.22. The van der Waals surface area contributed by atoms with Crippen molar-refractivity contribution in [2.75, 3.05) is 6.54 Å². The molecule has 0 aromatic carbocycles. The minimum Gasteiger partial charge on any atom is -0.299 e. The van der Waals surface area contributed by atoms with E-state index in [1.807, 2.05) is 27.7 Å². The molecule has 2 amide bonds. The zero-order chi connectivity index (χ0) is 14.8. The molecule has 0 aliphatic carbocycles. The van der Waals surface area contributed by atoms with Gasteiger partial charge >= 0.3 is 0 Å². The highest BCUT2D eigenvalue weighted by Crippen LogP contribution is 2.09. The van der Waals surface area contributed by atoms with Gasteiger partial charge in [0.05, 0.1) is 0 Å². The molecule has 0 aliphatic rings. The zero-order valence-corrected chi connectivity index (χ0v) is 12.6. The Morgan fingerprint density at radius 3 is 2.21 bits per heavy atom. The molecule has 0 bridgehead atoms. The maximum absolute atomic E-state index is 11.8. The molecular weight excluding hydrogens is 242 g/mol. The number of rotatable bonds is 10. The second-order valence-electron chi connectivity index (χ2n) is 5.38. The van der Waals surface area contributed by atoms with E-state index < -0.39 is 0 Å². The fourth-order valence-corrected chi connectivity index (χ4v) is 1.72. The van der Waals surface area contributed by atoms with Gasteiger partial charge in [0.2, 0.25) is 12.3 Å². The van der Waals surface area contributed by atoms with Crippen LogP contribution in [-0.4, -0.2) is 29.5 Å². The van der Waals surface area contributed by atoms with Gasteiger partial charge in [0.25, 0.3) is 0 Å². The molecule has 1 unspecified atom stereocenters. The van der Waals surface area contributed by atoms with Gasteiger partial charge in [0.1, 0.15) is 5.78 Å². The highest BCUT2D eigenvalue weighted by atomic mass is 16.2. The molecule has 0 fully saturated rings. The summed E-state index contributed by atoms with van der Waals surface area (Å²) in [6.07, 6.45) is 4.43. The number of amides is 2. The molecule has 0 aromatic rings. The van der Waals surface area contributed by atoms with E-state index in [4.69, 9.17) is 0 Å². The van der Waals surface area contributed by atoms with Crippen LogP contribution < -0.4 is 0 Å². The summed E-state index contributed by atoms with van der Waals surface area (Å²) in [5, 5.41) is 0. The van der Waals surface area contributed by atoms with Gasteiger partial charge in [-0.05, 0) is 19.3 Å². The molecule has 0 spiro atoms. The van der Waals surface area contributed by atoms with Gasteiger partial charge in [-0.1, -0.05) is 34.1 Å². The molecule has 0 aliphatic heterocycles. The molecule has 19 heavy (non-hydrogen) atoms. The quantitative estimate of drug-likeness (QED) is 0.452. The summed E-state index contributed by atoms with van der Waals surface area (Å²) in [6.45, 7) is 8.04. The monoisotopic (exact) mass is 269 g/mol. The van der Waals surface area contributed by atoms with E-state index in [1.54, 1.807) is 0 Å². The van der Waals surface area contributed by atoms with Crippen LogP contribution in [0.1, 0.15) is 59.8 Å². The Balaban J connectivity index is 3.88. The lowest BCUT2D eigenvalue weighted by Crippen LogP contribution is -2.34. The van der Waals surface area contributed by atoms with Crippen molar-refractivity contribution in [3.8, 4) is 0 Å². The van der Waals surface area contributed by atoms with Crippen molar-refractivity contribution in [3.05, 3.63) is 0 Å². The maximum atomic E-state index is 11.8. The summed E-state index contributed by atoms with van der Waals surface area (Å²) >= 11 is 0. The topological polar surface area (TPSA) is 54.5 Å². The highest BCUT2D eigenvalue weighted by Gasteiger charge is 2.17. The van der Waals surface area contributed by atoms with Gasteiger partial charge in [-0.15, -0.1) is 0 Å². The van der Waals surface area contributed by atoms with Crippen molar-refractivity contribution in [1.29, 1.82) is 0 Å². The van der Waals surface area contributed by atoms with Crippen molar-refractivity contribution in [3.63, 3.8) is 0 Å². The van der Waals surface area contributed by atoms with Gasteiger partial charge in [-0.3, -0.25) is 19.3 Å². The largest absolute Gasteiger partial charge is 0.299 e. The van der Waals surface area contributed by atoms with Crippen molar-refractivity contribution in [2.45, 2.75) is 59.8 Å². The fraction of sp³-hybridized carbons (Fsp3) is 0.800. The van der Waals surface area contributed by atoms with E-state index in [9.17, 15) is 14.4 Å². The van der Waals surface area contributed by atoms with Crippen LogP contribution in [0.25, 0.3) is 0 Å². The molecule has 4 nitrogen and oxygen atoms in total. The Hall–Kier alpha value is -1.19. The summed E-state index contributed by atoms with van der Waals surface area (Å²) < 4.78 is 0. The first-order chi connectivity index (χ1) is 8.93. The summed E-state index contributed by atoms with van der Waals surface area (Å²) in [7, 11) is 0. The average Bonchev–Trinajstić information content (AvgIpc) is 2.40. The third-order valence-electron chi connectivity index (χ3n) is 3.41. The van der Waals surface area contributed by atoms with Crippen LogP contribution in [0.3, 0.4) is 0 Å². The standard InChI is InChI=1S/C15H27NO3/c1-5-13(4)15(19)16(11-17)10-8-6-7-9-14(18)12(2)3/h11-13H,5-10H2,1-4H3. The second-order valence-corrected chi connectivity index (χ2v) is 5.38. The summed E-state index contributed by atoms with van der Waals surface area (Å²) in [5.74, 6) is 0.171. The van der Waals surface area contributed by atoms with Crippen LogP contribution >= 0.6 is 0 Å². The number of Topliss-reactive ketones (excluding diaryl/α,β-unsaturated/α-hetero) is 1. The predicted octanol–water partition coefficient (Wildman–Crippen LogP) is 2.80. The number of hydrogen-bond acceptors (Lipinski definition) is 3. The van der Waals surface area contributed by atoms with Crippen LogP contribution in [0.2, 0.25) is 0 Å². The molecule has 0 radical (unpaired) electrons. The lowest BCUT2D eigenvalue weighted by Gasteiger charge is -2.18. The van der Waals surface area contributed by atoms with E-state index >= 15 is 0 Å². The van der Waals surface area contributed by atoms with Gasteiger partial charge in [0, 0.05) is 24.8 Å². The van der Waals surface area contributed by atoms with E-state index in [2.05, 4.69) is 0 Å². The van der Waals surface area contributed by atoms with Crippen molar-refractivity contribution >= 4 is 18.1 Å². The Bertz CT molecular complexity index is 300. The maximum Gasteiger partial charge on any atom is 0.231 e. The van der Waals surface area contributed by atoms with E-state index in [-0.39, 0.29) is 23.5 Å². The molecule has 0 saturated carbocycles. The van der Waals surface area contributed by atoms with Crippen molar-refractivity contribution in [2.24, 2.45) is 11.8 Å². The molecule has 1 atom stereocenters. The minimum atomic E-state index is -0.104. The molecule has 0 N–H and O–H groups in total. The molecule has 4 heteroatoms. The van der Waals surface area contributed by atoms with Gasteiger partial charge in [-0.2, -0.15) is 0 Å². The summed E-state index contributed by atoms with van der Waals surface area (Å²) in [6, 6.07) is 0. The van der Waals surface area contributed by atoms with E-state index in [0.29, 0.717) is 19.4 Å². The van der Waals surface area contributed by atoms with Crippen LogP contribution in [0.15, 0.2) is 0 Å². The number of carbonyl (C=O) groups excluding carboxylic acids is 3. The number of imide groups is 1. The van der Waals surface area contributed by atoms with Crippen LogP contribution in [0, 0.1) is 11.8 Å². The summed E-state index contributed by atoms with van der Waals surface area (Å²) in [4.78, 5) is 35.4. The number of unbranched alkanes of at least 4 members (excludes halogenated alkanes) is 2. The first kappa shape index (κ1) is 17.8. The Kier molecular flexibility index (Phi) is 9.09. The van der Waals surface area contributed by atoms with Crippen LogP contribution in [-0.2, 0) is 14.4 Å². The van der Waals surface area contributed by atoms with Crippen molar-refractivity contribution < 1.29 is 14.4 Å². The van der Waals surface area contributed by atoms with E-state index in [1.165, 1.54) is 4.90 Å². The SMILES string of the molecule is CCC(C)C(=O)N(C=O)CCCCCC(=O)C(C)C. The third-order valence-corrected chi connectivity index (χ3v) is 3.41. The van der Waals surface area contributed by atoms with Gasteiger partial charge in [-0.25, -0.2) is 0 Å². The molecule has 0 heterocycles. The predicted molar refractivity (Wildman–Crippen MR) is 75.5 cm³/mol. The molecule has 0 aromatic heterocycles. The second kappa shape index (κ2) is 9.70. The van der Waals surface area contributed by atoms with Gasteiger partial charge < -0.3 is 0 Å². The Morgan fingerprint density at radius 1 is 1.11 bits per heavy atom. The number of carbonyl (C=O) groups is 3. The number of nitrogens with zero attached hydrogens (tertiary/aromatic N) is 1. The average molecular weight is 269 g/mol. The third kappa shape index (κ3) is 7.09. The van der Waals surface area contributed by atoms with Crippen LogP contribution in [0.4, 0.5) is 0 Å². The van der Waals surface area contributed by atoms with Crippen molar-refractivity contribution in [1.82, 2.24) is 4.90 Å². The molecular formula is C15H27NO3. The lowest BCUT2D eigenvalue weighted by atomic mass is 10.0. The van der Waals surface area contributed by atoms with E-state index in [0.717, 1.165) is 25.7 Å². The Labute approximate surface area is 116 Å². The zero-order valence-electron chi connectivity index (χ0n) is 12.6. The molecule has 0 saturated heterocycles. The van der Waals surface area contributed by atoms with Gasteiger partial charge in [0.15, 0.2) is 0 Å². The Morgan fingerprint density at radius 2 is 1.74 bits per heavy atom. The number of hydrogen-bond donors (Lipinski definition) is 0. The molecule has 0 rings (SSSR count). The molecule has 110 valence electrons. The fourth-order valence-electron chi connectivity index (χ4n) is 1.72. The minimum absolute atomic E-state index is 0.0958. The normalized spacial score (nSPS) is 12.3.